The Balaban J connectivity index is 2.30. The zero-order valence-electron chi connectivity index (χ0n) is 11.2. The van der Waals surface area contributed by atoms with Crippen LogP contribution in [0.5, 0.6) is 5.75 Å². The van der Waals surface area contributed by atoms with Crippen LogP contribution >= 0.6 is 0 Å². The number of ether oxygens (including phenoxy) is 1. The van der Waals surface area contributed by atoms with Gasteiger partial charge in [-0.05, 0) is 41.9 Å². The van der Waals surface area contributed by atoms with Gasteiger partial charge in [-0.25, -0.2) is 4.39 Å². The van der Waals surface area contributed by atoms with Crippen LogP contribution in [0, 0.1) is 5.82 Å². The summed E-state index contributed by atoms with van der Waals surface area (Å²) >= 11 is 0. The Morgan fingerprint density at radius 1 is 1.00 bits per heavy atom. The molecule has 0 aliphatic heterocycles. The van der Waals surface area contributed by atoms with Gasteiger partial charge in [0, 0.05) is 0 Å². The van der Waals surface area contributed by atoms with E-state index < -0.39 is 0 Å². The summed E-state index contributed by atoms with van der Waals surface area (Å²) in [7, 11) is 1.65. The monoisotopic (exact) mass is 259 g/mol. The zero-order valence-corrected chi connectivity index (χ0v) is 11.2. The van der Waals surface area contributed by atoms with Crippen molar-refractivity contribution in [1.82, 2.24) is 5.32 Å². The van der Waals surface area contributed by atoms with Gasteiger partial charge in [0.1, 0.15) is 11.6 Å². The topological polar surface area (TPSA) is 21.3 Å². The summed E-state index contributed by atoms with van der Waals surface area (Å²) in [6, 6.07) is 14.6. The molecular formula is C16H18FNO. The van der Waals surface area contributed by atoms with Crippen molar-refractivity contribution in [2.75, 3.05) is 13.7 Å². The van der Waals surface area contributed by atoms with Crippen molar-refractivity contribution in [3.8, 4) is 5.75 Å². The van der Waals surface area contributed by atoms with Gasteiger partial charge in [-0.15, -0.1) is 0 Å². The predicted octanol–water partition coefficient (Wildman–Crippen LogP) is 3.53. The normalized spacial score (nSPS) is 12.2. The number of nitrogens with one attached hydrogen (secondary N) is 1. The Morgan fingerprint density at radius 2 is 1.53 bits per heavy atom. The molecule has 100 valence electrons. The molecule has 0 saturated carbocycles. The minimum Gasteiger partial charge on any atom is -0.497 e. The lowest BCUT2D eigenvalue weighted by Crippen LogP contribution is -2.21. The highest BCUT2D eigenvalue weighted by atomic mass is 19.1. The fraction of sp³-hybridized carbons (Fsp3) is 0.250. The van der Waals surface area contributed by atoms with Crippen LogP contribution in [0.2, 0.25) is 0 Å². The number of rotatable bonds is 5. The SMILES string of the molecule is CCNC(c1ccc(F)cc1)c1ccc(OC)cc1. The maximum atomic E-state index is 13.0. The van der Waals surface area contributed by atoms with Crippen molar-refractivity contribution in [1.29, 1.82) is 0 Å². The standard InChI is InChI=1S/C16H18FNO/c1-3-18-16(12-4-8-14(17)9-5-12)13-6-10-15(19-2)11-7-13/h4-11,16,18H,3H2,1-2H3. The quantitative estimate of drug-likeness (QED) is 0.887. The van der Waals surface area contributed by atoms with Crippen LogP contribution in [0.25, 0.3) is 0 Å². The van der Waals surface area contributed by atoms with Gasteiger partial charge < -0.3 is 10.1 Å². The van der Waals surface area contributed by atoms with Gasteiger partial charge in [-0.3, -0.25) is 0 Å². The fourth-order valence-electron chi connectivity index (χ4n) is 2.08. The molecule has 0 spiro atoms. The molecule has 0 heterocycles. The van der Waals surface area contributed by atoms with E-state index in [2.05, 4.69) is 12.2 Å². The van der Waals surface area contributed by atoms with Crippen molar-refractivity contribution in [2.24, 2.45) is 0 Å². The van der Waals surface area contributed by atoms with E-state index in [-0.39, 0.29) is 11.9 Å². The second-order valence-corrected chi connectivity index (χ2v) is 4.32. The van der Waals surface area contributed by atoms with Crippen molar-refractivity contribution >= 4 is 0 Å². The number of methoxy groups -OCH3 is 1. The van der Waals surface area contributed by atoms with Crippen LogP contribution < -0.4 is 10.1 Å². The van der Waals surface area contributed by atoms with Gasteiger partial charge in [-0.1, -0.05) is 31.2 Å². The van der Waals surface area contributed by atoms with Crippen molar-refractivity contribution in [3.05, 3.63) is 65.5 Å². The Labute approximate surface area is 113 Å². The fourth-order valence-corrected chi connectivity index (χ4v) is 2.08. The van der Waals surface area contributed by atoms with Crippen LogP contribution in [0.4, 0.5) is 4.39 Å². The second kappa shape index (κ2) is 6.34. The van der Waals surface area contributed by atoms with Crippen LogP contribution in [-0.4, -0.2) is 13.7 Å². The van der Waals surface area contributed by atoms with Gasteiger partial charge >= 0.3 is 0 Å². The highest BCUT2D eigenvalue weighted by Gasteiger charge is 2.12. The van der Waals surface area contributed by atoms with Gasteiger partial charge in [0.2, 0.25) is 0 Å². The molecule has 2 nitrogen and oxygen atoms in total. The third-order valence-electron chi connectivity index (χ3n) is 3.06. The molecule has 0 aliphatic carbocycles. The average molecular weight is 259 g/mol. The lowest BCUT2D eigenvalue weighted by molar-refractivity contribution is 0.414. The van der Waals surface area contributed by atoms with Gasteiger partial charge in [0.05, 0.1) is 13.2 Å². The molecule has 2 aromatic carbocycles. The Kier molecular flexibility index (Phi) is 4.53. The predicted molar refractivity (Wildman–Crippen MR) is 74.9 cm³/mol. The largest absolute Gasteiger partial charge is 0.497 e. The summed E-state index contributed by atoms with van der Waals surface area (Å²) in [5.74, 6) is 0.617. The van der Waals surface area contributed by atoms with Gasteiger partial charge in [-0.2, -0.15) is 0 Å². The second-order valence-electron chi connectivity index (χ2n) is 4.32. The molecule has 0 saturated heterocycles. The minimum absolute atomic E-state index is 0.0662. The van der Waals surface area contributed by atoms with Crippen LogP contribution in [-0.2, 0) is 0 Å². The Hall–Kier alpha value is -1.87. The molecule has 3 heteroatoms. The average Bonchev–Trinajstić information content (AvgIpc) is 2.46. The molecule has 0 radical (unpaired) electrons. The van der Waals surface area contributed by atoms with E-state index in [0.29, 0.717) is 0 Å². The first-order valence-electron chi connectivity index (χ1n) is 6.37. The first-order chi connectivity index (χ1) is 9.24. The number of benzene rings is 2. The number of halogens is 1. The lowest BCUT2D eigenvalue weighted by atomic mass is 9.98. The molecule has 2 rings (SSSR count). The summed E-state index contributed by atoms with van der Waals surface area (Å²) in [5, 5.41) is 3.41. The summed E-state index contributed by atoms with van der Waals surface area (Å²) in [4.78, 5) is 0. The molecular weight excluding hydrogens is 241 g/mol. The van der Waals surface area contributed by atoms with Gasteiger partial charge in [0.25, 0.3) is 0 Å². The highest BCUT2D eigenvalue weighted by Crippen LogP contribution is 2.24. The van der Waals surface area contributed by atoms with E-state index in [4.69, 9.17) is 4.74 Å². The molecule has 1 unspecified atom stereocenters. The van der Waals surface area contributed by atoms with Crippen LogP contribution in [0.3, 0.4) is 0 Å². The summed E-state index contributed by atoms with van der Waals surface area (Å²) < 4.78 is 18.2. The third kappa shape index (κ3) is 3.32. The molecule has 2 aromatic rings. The van der Waals surface area contributed by atoms with E-state index in [1.807, 2.05) is 36.4 Å². The number of hydrogen-bond acceptors (Lipinski definition) is 2. The molecule has 1 N–H and O–H groups in total. The van der Waals surface area contributed by atoms with Crippen molar-refractivity contribution in [3.63, 3.8) is 0 Å². The smallest absolute Gasteiger partial charge is 0.123 e. The molecule has 0 aromatic heterocycles. The minimum atomic E-state index is -0.214. The van der Waals surface area contributed by atoms with Crippen LogP contribution in [0.1, 0.15) is 24.1 Å². The number of hydrogen-bond donors (Lipinski definition) is 1. The highest BCUT2D eigenvalue weighted by molar-refractivity contribution is 5.35. The molecule has 0 bridgehead atoms. The van der Waals surface area contributed by atoms with E-state index in [1.54, 1.807) is 7.11 Å². The molecule has 0 aliphatic rings. The van der Waals surface area contributed by atoms with Crippen molar-refractivity contribution in [2.45, 2.75) is 13.0 Å². The maximum absolute atomic E-state index is 13.0. The van der Waals surface area contributed by atoms with E-state index in [0.717, 1.165) is 23.4 Å². The Bertz CT molecular complexity index is 507. The summed E-state index contributed by atoms with van der Waals surface area (Å²) in [5.41, 5.74) is 2.18. The van der Waals surface area contributed by atoms with E-state index >= 15 is 0 Å². The first-order valence-corrected chi connectivity index (χ1v) is 6.37. The van der Waals surface area contributed by atoms with E-state index in [9.17, 15) is 4.39 Å². The van der Waals surface area contributed by atoms with Crippen LogP contribution in [0.15, 0.2) is 48.5 Å². The first kappa shape index (κ1) is 13.6. The lowest BCUT2D eigenvalue weighted by Gasteiger charge is -2.19. The Morgan fingerprint density at radius 3 is 2.00 bits per heavy atom. The molecule has 1 atom stereocenters. The summed E-state index contributed by atoms with van der Waals surface area (Å²) in [6.45, 7) is 2.90. The maximum Gasteiger partial charge on any atom is 0.123 e. The third-order valence-corrected chi connectivity index (χ3v) is 3.06. The molecule has 19 heavy (non-hydrogen) atoms. The van der Waals surface area contributed by atoms with Gasteiger partial charge in [0.15, 0.2) is 0 Å². The molecule has 0 amide bonds. The van der Waals surface area contributed by atoms with E-state index in [1.165, 1.54) is 12.1 Å². The summed E-state index contributed by atoms with van der Waals surface area (Å²) in [6.07, 6.45) is 0. The zero-order chi connectivity index (χ0) is 13.7. The molecule has 0 fully saturated rings. The van der Waals surface area contributed by atoms with Crippen molar-refractivity contribution < 1.29 is 9.13 Å².